The van der Waals surface area contributed by atoms with Gasteiger partial charge in [0, 0.05) is 44.4 Å². The number of aromatic nitrogens is 2. The van der Waals surface area contributed by atoms with Crippen molar-refractivity contribution in [3.63, 3.8) is 0 Å². The van der Waals surface area contributed by atoms with E-state index in [4.69, 9.17) is 5.73 Å². The molecule has 0 saturated carbocycles. The lowest BCUT2D eigenvalue weighted by Gasteiger charge is -2.26. The SMILES string of the molecule is NCCc1cncn1CCC(=O)N1CCCCC1. The fraction of sp³-hybridized carbons (Fsp3) is 0.692. The molecule has 0 radical (unpaired) electrons. The Morgan fingerprint density at radius 1 is 1.33 bits per heavy atom. The van der Waals surface area contributed by atoms with Gasteiger partial charge < -0.3 is 15.2 Å². The molecule has 0 bridgehead atoms. The van der Waals surface area contributed by atoms with Crippen LogP contribution in [0.5, 0.6) is 0 Å². The van der Waals surface area contributed by atoms with E-state index in [0.29, 0.717) is 19.5 Å². The molecule has 0 aromatic carbocycles. The van der Waals surface area contributed by atoms with Crippen molar-refractivity contribution >= 4 is 5.91 Å². The van der Waals surface area contributed by atoms with Crippen LogP contribution in [0.4, 0.5) is 0 Å². The minimum atomic E-state index is 0.266. The van der Waals surface area contributed by atoms with Gasteiger partial charge in [0.2, 0.25) is 5.91 Å². The molecule has 2 N–H and O–H groups in total. The Balaban J connectivity index is 1.82. The molecule has 5 heteroatoms. The predicted octanol–water partition coefficient (Wildman–Crippen LogP) is 0.787. The van der Waals surface area contributed by atoms with E-state index < -0.39 is 0 Å². The Bertz CT molecular complexity index is 382. The van der Waals surface area contributed by atoms with Crippen molar-refractivity contribution in [2.45, 2.75) is 38.6 Å². The van der Waals surface area contributed by atoms with E-state index in [9.17, 15) is 4.79 Å². The van der Waals surface area contributed by atoms with Gasteiger partial charge >= 0.3 is 0 Å². The number of aryl methyl sites for hydroxylation is 1. The third-order valence-corrected chi connectivity index (χ3v) is 3.47. The van der Waals surface area contributed by atoms with Crippen molar-refractivity contribution in [1.29, 1.82) is 0 Å². The van der Waals surface area contributed by atoms with Gasteiger partial charge in [-0.1, -0.05) is 0 Å². The molecule has 100 valence electrons. The number of hydrogen-bond acceptors (Lipinski definition) is 3. The third kappa shape index (κ3) is 3.32. The summed E-state index contributed by atoms with van der Waals surface area (Å²) in [5.41, 5.74) is 6.66. The first-order valence-corrected chi connectivity index (χ1v) is 6.78. The Morgan fingerprint density at radius 2 is 2.11 bits per heavy atom. The zero-order valence-electron chi connectivity index (χ0n) is 10.8. The van der Waals surface area contributed by atoms with Crippen molar-refractivity contribution in [2.24, 2.45) is 5.73 Å². The molecular weight excluding hydrogens is 228 g/mol. The van der Waals surface area contributed by atoms with E-state index in [1.807, 2.05) is 15.7 Å². The van der Waals surface area contributed by atoms with Gasteiger partial charge in [0.05, 0.1) is 6.33 Å². The van der Waals surface area contributed by atoms with Crippen LogP contribution < -0.4 is 5.73 Å². The second-order valence-electron chi connectivity index (χ2n) is 4.81. The predicted molar refractivity (Wildman–Crippen MR) is 70.0 cm³/mol. The van der Waals surface area contributed by atoms with Gasteiger partial charge in [-0.3, -0.25) is 4.79 Å². The molecule has 0 atom stereocenters. The summed E-state index contributed by atoms with van der Waals surface area (Å²) in [5, 5.41) is 0. The maximum Gasteiger partial charge on any atom is 0.224 e. The first kappa shape index (κ1) is 13.1. The largest absolute Gasteiger partial charge is 0.343 e. The Labute approximate surface area is 108 Å². The normalized spacial score (nSPS) is 15.9. The number of rotatable bonds is 5. The Hall–Kier alpha value is -1.36. The van der Waals surface area contributed by atoms with Crippen LogP contribution in [0, 0.1) is 0 Å². The Morgan fingerprint density at radius 3 is 2.83 bits per heavy atom. The van der Waals surface area contributed by atoms with Gasteiger partial charge in [0.1, 0.15) is 0 Å². The van der Waals surface area contributed by atoms with Crippen LogP contribution in [0.2, 0.25) is 0 Å². The van der Waals surface area contributed by atoms with Crippen LogP contribution in [0.1, 0.15) is 31.4 Å². The number of piperidine rings is 1. The molecule has 2 heterocycles. The maximum atomic E-state index is 12.0. The third-order valence-electron chi connectivity index (χ3n) is 3.47. The smallest absolute Gasteiger partial charge is 0.224 e. The van der Waals surface area contributed by atoms with E-state index in [1.165, 1.54) is 6.42 Å². The number of carbonyl (C=O) groups is 1. The van der Waals surface area contributed by atoms with E-state index in [0.717, 1.165) is 38.0 Å². The molecular formula is C13H22N4O. The maximum absolute atomic E-state index is 12.0. The minimum Gasteiger partial charge on any atom is -0.343 e. The van der Waals surface area contributed by atoms with Gasteiger partial charge in [-0.05, 0) is 25.8 Å². The number of imidazole rings is 1. The fourth-order valence-electron chi connectivity index (χ4n) is 2.42. The van der Waals surface area contributed by atoms with Gasteiger partial charge in [-0.25, -0.2) is 4.98 Å². The van der Waals surface area contributed by atoms with Gasteiger partial charge in [0.15, 0.2) is 0 Å². The quantitative estimate of drug-likeness (QED) is 0.840. The summed E-state index contributed by atoms with van der Waals surface area (Å²) in [4.78, 5) is 18.1. The zero-order valence-corrected chi connectivity index (χ0v) is 10.8. The van der Waals surface area contributed by atoms with Gasteiger partial charge in [-0.15, -0.1) is 0 Å². The highest BCUT2D eigenvalue weighted by Gasteiger charge is 2.16. The van der Waals surface area contributed by atoms with Crippen LogP contribution in [-0.2, 0) is 17.8 Å². The molecule has 5 nitrogen and oxygen atoms in total. The number of amides is 1. The zero-order chi connectivity index (χ0) is 12.8. The molecule has 1 aromatic rings. The summed E-state index contributed by atoms with van der Waals surface area (Å²) in [6, 6.07) is 0. The molecule has 0 unspecified atom stereocenters. The van der Waals surface area contributed by atoms with E-state index in [-0.39, 0.29) is 5.91 Å². The summed E-state index contributed by atoms with van der Waals surface area (Å²) in [7, 11) is 0. The van der Waals surface area contributed by atoms with Crippen LogP contribution in [-0.4, -0.2) is 40.0 Å². The molecule has 18 heavy (non-hydrogen) atoms. The van der Waals surface area contributed by atoms with Crippen molar-refractivity contribution in [1.82, 2.24) is 14.5 Å². The van der Waals surface area contributed by atoms with E-state index in [2.05, 4.69) is 4.98 Å². The van der Waals surface area contributed by atoms with Crippen LogP contribution >= 0.6 is 0 Å². The number of hydrogen-bond donors (Lipinski definition) is 1. The molecule has 1 saturated heterocycles. The Kier molecular flexibility index (Phi) is 4.75. The highest BCUT2D eigenvalue weighted by molar-refractivity contribution is 5.76. The summed E-state index contributed by atoms with van der Waals surface area (Å²) < 4.78 is 2.04. The highest BCUT2D eigenvalue weighted by atomic mass is 16.2. The average Bonchev–Trinajstić information content (AvgIpc) is 2.85. The highest BCUT2D eigenvalue weighted by Crippen LogP contribution is 2.10. The minimum absolute atomic E-state index is 0.266. The molecule has 0 spiro atoms. The van der Waals surface area contributed by atoms with Crippen molar-refractivity contribution in [2.75, 3.05) is 19.6 Å². The van der Waals surface area contributed by atoms with Crippen LogP contribution in [0.15, 0.2) is 12.5 Å². The molecule has 1 amide bonds. The standard InChI is InChI=1S/C13H22N4O/c14-6-4-12-10-15-11-17(12)9-5-13(18)16-7-2-1-3-8-16/h10-11H,1-9,14H2. The molecule has 2 rings (SSSR count). The van der Waals surface area contributed by atoms with E-state index >= 15 is 0 Å². The van der Waals surface area contributed by atoms with Gasteiger partial charge in [-0.2, -0.15) is 0 Å². The number of carbonyl (C=O) groups excluding carboxylic acids is 1. The van der Waals surface area contributed by atoms with Crippen molar-refractivity contribution in [3.05, 3.63) is 18.2 Å². The van der Waals surface area contributed by atoms with Gasteiger partial charge in [0.25, 0.3) is 0 Å². The summed E-state index contributed by atoms with van der Waals surface area (Å²) in [6.45, 7) is 3.19. The lowest BCUT2D eigenvalue weighted by atomic mass is 10.1. The summed E-state index contributed by atoms with van der Waals surface area (Å²) in [5.74, 6) is 0.266. The summed E-state index contributed by atoms with van der Waals surface area (Å²) >= 11 is 0. The van der Waals surface area contributed by atoms with Crippen molar-refractivity contribution < 1.29 is 4.79 Å². The second kappa shape index (κ2) is 6.54. The molecule has 1 aromatic heterocycles. The summed E-state index contributed by atoms with van der Waals surface area (Å²) in [6.07, 6.45) is 8.55. The molecule has 1 aliphatic heterocycles. The average molecular weight is 250 g/mol. The lowest BCUT2D eigenvalue weighted by molar-refractivity contribution is -0.132. The number of nitrogens with two attached hydrogens (primary N) is 1. The number of nitrogens with zero attached hydrogens (tertiary/aromatic N) is 3. The molecule has 1 fully saturated rings. The first-order chi connectivity index (χ1) is 8.81. The van der Waals surface area contributed by atoms with Crippen LogP contribution in [0.25, 0.3) is 0 Å². The topological polar surface area (TPSA) is 64.1 Å². The monoisotopic (exact) mass is 250 g/mol. The number of likely N-dealkylation sites (tertiary alicyclic amines) is 1. The molecule has 0 aliphatic carbocycles. The van der Waals surface area contributed by atoms with Crippen molar-refractivity contribution in [3.8, 4) is 0 Å². The van der Waals surface area contributed by atoms with E-state index in [1.54, 1.807) is 6.33 Å². The fourth-order valence-corrected chi connectivity index (χ4v) is 2.42. The lowest BCUT2D eigenvalue weighted by Crippen LogP contribution is -2.36. The molecule has 1 aliphatic rings. The first-order valence-electron chi connectivity index (χ1n) is 6.78. The second-order valence-corrected chi connectivity index (χ2v) is 4.81. The van der Waals surface area contributed by atoms with Crippen LogP contribution in [0.3, 0.4) is 0 Å².